The molecule has 240 valence electrons. The Bertz CT molecular complexity index is 2830. The average molecular weight is 673 g/mol. The third-order valence-corrected chi connectivity index (χ3v) is 10.4. The molecule has 0 aliphatic rings. The monoisotopic (exact) mass is 672 g/mol. The van der Waals surface area contributed by atoms with Gasteiger partial charge in [-0.05, 0) is 54.6 Å². The number of para-hydroxylation sites is 3. The predicted molar refractivity (Wildman–Crippen MR) is 211 cm³/mol. The molecule has 0 spiro atoms. The maximum Gasteiger partial charge on any atom is 0.164 e. The summed E-state index contributed by atoms with van der Waals surface area (Å²) in [6.45, 7) is 0. The minimum absolute atomic E-state index is 0.608. The zero-order valence-electron chi connectivity index (χ0n) is 27.3. The van der Waals surface area contributed by atoms with Crippen LogP contribution in [-0.4, -0.2) is 15.0 Å². The third-order valence-electron chi connectivity index (χ3n) is 9.32. The van der Waals surface area contributed by atoms with Crippen LogP contribution in [0.2, 0.25) is 0 Å². The lowest BCUT2D eigenvalue weighted by molar-refractivity contribution is 0.669. The van der Waals surface area contributed by atoms with E-state index in [4.69, 9.17) is 19.4 Å². The van der Waals surface area contributed by atoms with E-state index in [0.717, 1.165) is 61.1 Å². The Morgan fingerprint density at radius 1 is 0.412 bits per heavy atom. The van der Waals surface area contributed by atoms with E-state index in [1.165, 1.54) is 14.8 Å². The van der Waals surface area contributed by atoms with Gasteiger partial charge in [-0.2, -0.15) is 0 Å². The number of hydrogen-bond donors (Lipinski definition) is 0. The van der Waals surface area contributed by atoms with E-state index in [1.54, 1.807) is 11.3 Å². The van der Waals surface area contributed by atoms with Crippen molar-refractivity contribution in [2.45, 2.75) is 0 Å². The Morgan fingerprint density at radius 3 is 1.73 bits per heavy atom. The van der Waals surface area contributed by atoms with Gasteiger partial charge in [-0.15, -0.1) is 11.3 Å². The molecular formula is C45H28N4OS. The van der Waals surface area contributed by atoms with Crippen molar-refractivity contribution in [3.8, 4) is 34.2 Å². The number of nitrogens with zero attached hydrogens (tertiary/aromatic N) is 4. The molecule has 7 aromatic carbocycles. The number of furan rings is 1. The summed E-state index contributed by atoms with van der Waals surface area (Å²) >= 11 is 1.79. The first kappa shape index (κ1) is 29.3. The van der Waals surface area contributed by atoms with Crippen LogP contribution in [0.4, 0.5) is 17.1 Å². The van der Waals surface area contributed by atoms with Crippen LogP contribution >= 0.6 is 11.3 Å². The van der Waals surface area contributed by atoms with Crippen LogP contribution in [0.1, 0.15) is 0 Å². The molecule has 3 aromatic heterocycles. The van der Waals surface area contributed by atoms with Crippen LogP contribution in [0.25, 0.3) is 76.3 Å². The first-order chi connectivity index (χ1) is 25.3. The zero-order valence-corrected chi connectivity index (χ0v) is 28.1. The van der Waals surface area contributed by atoms with Crippen LogP contribution < -0.4 is 4.90 Å². The molecule has 3 heterocycles. The fourth-order valence-corrected chi connectivity index (χ4v) is 8.20. The third kappa shape index (κ3) is 5.04. The van der Waals surface area contributed by atoms with Gasteiger partial charge in [0.1, 0.15) is 11.2 Å². The molecular weight excluding hydrogens is 645 g/mol. The second kappa shape index (κ2) is 12.1. The smallest absolute Gasteiger partial charge is 0.164 e. The highest BCUT2D eigenvalue weighted by Gasteiger charge is 2.21. The van der Waals surface area contributed by atoms with E-state index < -0.39 is 0 Å². The average Bonchev–Trinajstić information content (AvgIpc) is 3.77. The summed E-state index contributed by atoms with van der Waals surface area (Å²) in [6.07, 6.45) is 0. The lowest BCUT2D eigenvalue weighted by atomic mass is 10.0. The number of hydrogen-bond acceptors (Lipinski definition) is 6. The summed E-state index contributed by atoms with van der Waals surface area (Å²) in [7, 11) is 0. The van der Waals surface area contributed by atoms with Gasteiger partial charge >= 0.3 is 0 Å². The SMILES string of the molecule is c1ccc(-c2nc(-c3cccc4oc5ccccc5c34)nc(-c3cccc4sc5cc(N(c6ccccc6)c6ccccc6)ccc5c34)n2)cc1. The Hall–Kier alpha value is -6.63. The van der Waals surface area contributed by atoms with Crippen molar-refractivity contribution in [2.75, 3.05) is 4.90 Å². The van der Waals surface area contributed by atoms with E-state index in [-0.39, 0.29) is 0 Å². The van der Waals surface area contributed by atoms with E-state index in [2.05, 4.69) is 114 Å². The van der Waals surface area contributed by atoms with Gasteiger partial charge < -0.3 is 9.32 Å². The fourth-order valence-electron chi connectivity index (χ4n) is 7.04. The largest absolute Gasteiger partial charge is 0.456 e. The lowest BCUT2D eigenvalue weighted by Gasteiger charge is -2.25. The van der Waals surface area contributed by atoms with E-state index in [1.807, 2.05) is 60.7 Å². The van der Waals surface area contributed by atoms with Crippen LogP contribution in [0, 0.1) is 0 Å². The molecule has 51 heavy (non-hydrogen) atoms. The van der Waals surface area contributed by atoms with Gasteiger partial charge in [0.15, 0.2) is 17.5 Å². The summed E-state index contributed by atoms with van der Waals surface area (Å²) < 4.78 is 8.62. The van der Waals surface area contributed by atoms with Crippen molar-refractivity contribution in [2.24, 2.45) is 0 Å². The molecule has 0 atom stereocenters. The summed E-state index contributed by atoms with van der Waals surface area (Å²) in [5.41, 5.74) is 7.77. The Kier molecular flexibility index (Phi) is 6.93. The number of fused-ring (bicyclic) bond motifs is 6. The first-order valence-electron chi connectivity index (χ1n) is 16.9. The normalized spacial score (nSPS) is 11.5. The Labute approximate surface area is 297 Å². The second-order valence-corrected chi connectivity index (χ2v) is 13.5. The van der Waals surface area contributed by atoms with Gasteiger partial charge in [0.25, 0.3) is 0 Å². The van der Waals surface area contributed by atoms with E-state index in [9.17, 15) is 0 Å². The number of benzene rings is 7. The maximum atomic E-state index is 6.25. The van der Waals surface area contributed by atoms with Gasteiger partial charge in [0.2, 0.25) is 0 Å². The molecule has 6 heteroatoms. The predicted octanol–water partition coefficient (Wildman–Crippen LogP) is 12.6. The first-order valence-corrected chi connectivity index (χ1v) is 17.7. The summed E-state index contributed by atoms with van der Waals surface area (Å²) in [6, 6.07) is 58.5. The molecule has 0 aliphatic carbocycles. The van der Waals surface area contributed by atoms with Crippen molar-refractivity contribution >= 4 is 70.5 Å². The molecule has 10 rings (SSSR count). The number of aromatic nitrogens is 3. The molecule has 0 N–H and O–H groups in total. The quantitative estimate of drug-likeness (QED) is 0.176. The molecule has 0 saturated carbocycles. The number of thiophene rings is 1. The molecule has 0 amide bonds. The Morgan fingerprint density at radius 2 is 1.00 bits per heavy atom. The van der Waals surface area contributed by atoms with Gasteiger partial charge in [0, 0.05) is 64.7 Å². The fraction of sp³-hybridized carbons (Fsp3) is 0. The van der Waals surface area contributed by atoms with Crippen LogP contribution in [0.3, 0.4) is 0 Å². The summed E-state index contributed by atoms with van der Waals surface area (Å²) in [5, 5.41) is 4.34. The van der Waals surface area contributed by atoms with Crippen LogP contribution in [0.5, 0.6) is 0 Å². The molecule has 10 aromatic rings. The standard InChI is InChI=1S/C45H28N4OS/c1-4-14-29(15-5-1)43-46-44(35-21-12-24-38-41(35)33-20-10-11-23-37(33)50-38)48-45(47-43)36-22-13-25-39-42(36)34-27-26-32(28-40(34)51-39)49(30-16-6-2-7-17-30)31-18-8-3-9-19-31/h1-28H. The van der Waals surface area contributed by atoms with E-state index in [0.29, 0.717) is 17.5 Å². The topological polar surface area (TPSA) is 55.1 Å². The van der Waals surface area contributed by atoms with Crippen LogP contribution in [-0.2, 0) is 0 Å². The summed E-state index contributed by atoms with van der Waals surface area (Å²) in [5.74, 6) is 1.87. The highest BCUT2D eigenvalue weighted by molar-refractivity contribution is 7.26. The van der Waals surface area contributed by atoms with Gasteiger partial charge in [-0.1, -0.05) is 115 Å². The molecule has 5 nitrogen and oxygen atoms in total. The highest BCUT2D eigenvalue weighted by Crippen LogP contribution is 2.44. The lowest BCUT2D eigenvalue weighted by Crippen LogP contribution is -2.09. The maximum absolute atomic E-state index is 6.25. The number of anilines is 3. The van der Waals surface area contributed by atoms with Gasteiger partial charge in [0.05, 0.1) is 0 Å². The minimum atomic E-state index is 0.608. The Balaban J connectivity index is 1.18. The molecule has 0 unspecified atom stereocenters. The van der Waals surface area contributed by atoms with Crippen LogP contribution in [0.15, 0.2) is 174 Å². The van der Waals surface area contributed by atoms with Crippen molar-refractivity contribution in [1.29, 1.82) is 0 Å². The second-order valence-electron chi connectivity index (χ2n) is 12.4. The molecule has 0 aliphatic heterocycles. The van der Waals surface area contributed by atoms with Crippen molar-refractivity contribution in [3.63, 3.8) is 0 Å². The summed E-state index contributed by atoms with van der Waals surface area (Å²) in [4.78, 5) is 17.8. The highest BCUT2D eigenvalue weighted by atomic mass is 32.1. The number of rotatable bonds is 6. The van der Waals surface area contributed by atoms with Crippen molar-refractivity contribution in [3.05, 3.63) is 170 Å². The van der Waals surface area contributed by atoms with E-state index >= 15 is 0 Å². The van der Waals surface area contributed by atoms with Gasteiger partial charge in [-0.25, -0.2) is 15.0 Å². The zero-order chi connectivity index (χ0) is 33.7. The van der Waals surface area contributed by atoms with Crippen molar-refractivity contribution < 1.29 is 4.42 Å². The molecule has 0 bridgehead atoms. The minimum Gasteiger partial charge on any atom is -0.456 e. The molecule has 0 fully saturated rings. The van der Waals surface area contributed by atoms with Crippen molar-refractivity contribution in [1.82, 2.24) is 15.0 Å². The van der Waals surface area contributed by atoms with Gasteiger partial charge in [-0.3, -0.25) is 0 Å². The molecule has 0 radical (unpaired) electrons. The molecule has 0 saturated heterocycles.